The summed E-state index contributed by atoms with van der Waals surface area (Å²) in [5.74, 6) is -1.61. The third-order valence-electron chi connectivity index (χ3n) is 7.21. The van der Waals surface area contributed by atoms with E-state index >= 15 is 0 Å². The third-order valence-corrected chi connectivity index (χ3v) is 7.21. The van der Waals surface area contributed by atoms with Crippen LogP contribution in [0.15, 0.2) is 95.8 Å². The lowest BCUT2D eigenvalue weighted by Crippen LogP contribution is -2.56. The number of aromatic hydroxyl groups is 1. The molecule has 3 heterocycles. The van der Waals surface area contributed by atoms with Gasteiger partial charge in [-0.1, -0.05) is 42.0 Å². The SMILES string of the molecule is CC(=O)N1C(=O)/C(=C\c2c(O)c3cc(C)ccc3oc2=O)N=C(c2ccccc2)N1c1cc2c(C)cc(=O)oc2cc1C. The van der Waals surface area contributed by atoms with Crippen molar-refractivity contribution >= 4 is 51.4 Å². The molecule has 43 heavy (non-hydrogen) atoms. The maximum atomic E-state index is 14.0. The van der Waals surface area contributed by atoms with Crippen LogP contribution in [0.1, 0.15) is 34.7 Å². The Morgan fingerprint density at radius 1 is 0.860 bits per heavy atom. The number of carbonyl (C=O) groups is 2. The summed E-state index contributed by atoms with van der Waals surface area (Å²) in [4.78, 5) is 56.8. The number of hydrazine groups is 1. The first kappa shape index (κ1) is 27.4. The number of carbonyl (C=O) groups excluding carboxylic acids is 2. The Balaban J connectivity index is 1.63. The quantitative estimate of drug-likeness (QED) is 0.231. The van der Waals surface area contributed by atoms with E-state index in [4.69, 9.17) is 8.83 Å². The van der Waals surface area contributed by atoms with Gasteiger partial charge in [-0.25, -0.2) is 19.6 Å². The van der Waals surface area contributed by atoms with E-state index in [-0.39, 0.29) is 28.4 Å². The summed E-state index contributed by atoms with van der Waals surface area (Å²) < 4.78 is 10.8. The normalized spacial score (nSPS) is 14.6. The van der Waals surface area contributed by atoms with E-state index in [1.54, 1.807) is 68.4 Å². The zero-order valence-corrected chi connectivity index (χ0v) is 23.7. The van der Waals surface area contributed by atoms with Crippen LogP contribution < -0.4 is 16.3 Å². The molecule has 0 unspecified atom stereocenters. The average Bonchev–Trinajstić information content (AvgIpc) is 2.96. The van der Waals surface area contributed by atoms with E-state index in [1.165, 1.54) is 18.0 Å². The number of hydrogen-bond donors (Lipinski definition) is 1. The number of aliphatic imine (C=N–C) groups is 1. The number of benzene rings is 3. The molecule has 6 rings (SSSR count). The first-order chi connectivity index (χ1) is 20.5. The lowest BCUT2D eigenvalue weighted by Gasteiger charge is -2.38. The van der Waals surface area contributed by atoms with Crippen LogP contribution in [-0.4, -0.2) is 27.8 Å². The Morgan fingerprint density at radius 2 is 1.60 bits per heavy atom. The van der Waals surface area contributed by atoms with Crippen LogP contribution in [0, 0.1) is 20.8 Å². The molecule has 0 bridgehead atoms. The molecule has 2 aromatic heterocycles. The summed E-state index contributed by atoms with van der Waals surface area (Å²) >= 11 is 0. The van der Waals surface area contributed by atoms with Gasteiger partial charge < -0.3 is 13.9 Å². The molecule has 0 fully saturated rings. The number of imide groups is 1. The summed E-state index contributed by atoms with van der Waals surface area (Å²) in [6.45, 7) is 6.58. The standard InChI is InChI=1S/C33H25N3O7/c1-17-10-11-27-23(12-17)30(39)24(33(41)43-27)15-25-32(40)35(20(4)37)36(31(34-25)21-8-6-5-7-9-21)26-16-22-18(2)14-29(38)42-28(22)13-19(26)3/h5-16,39H,1-4H3/b25-15+. The van der Waals surface area contributed by atoms with Gasteiger partial charge in [-0.2, -0.15) is 5.01 Å². The minimum atomic E-state index is -0.871. The molecule has 0 spiro atoms. The summed E-state index contributed by atoms with van der Waals surface area (Å²) in [6.07, 6.45) is 1.13. The van der Waals surface area contributed by atoms with Crippen molar-refractivity contribution in [1.29, 1.82) is 0 Å². The molecule has 0 radical (unpaired) electrons. The molecule has 0 saturated carbocycles. The smallest absolute Gasteiger partial charge is 0.347 e. The van der Waals surface area contributed by atoms with Gasteiger partial charge in [0.25, 0.3) is 5.91 Å². The monoisotopic (exact) mass is 575 g/mol. The Kier molecular flexibility index (Phi) is 6.53. The first-order valence-electron chi connectivity index (χ1n) is 13.4. The molecular formula is C33H25N3O7. The summed E-state index contributed by atoms with van der Waals surface area (Å²) in [7, 11) is 0. The van der Waals surface area contributed by atoms with E-state index in [1.807, 2.05) is 13.0 Å². The highest BCUT2D eigenvalue weighted by molar-refractivity contribution is 6.22. The zero-order chi connectivity index (χ0) is 30.6. The molecule has 0 atom stereocenters. The van der Waals surface area contributed by atoms with E-state index in [0.717, 1.165) is 16.6 Å². The van der Waals surface area contributed by atoms with Gasteiger partial charge >= 0.3 is 11.3 Å². The molecule has 0 aliphatic carbocycles. The highest BCUT2D eigenvalue weighted by atomic mass is 16.4. The molecule has 2 amide bonds. The second kappa shape index (κ2) is 10.3. The Morgan fingerprint density at radius 3 is 2.33 bits per heavy atom. The molecule has 1 N–H and O–H groups in total. The summed E-state index contributed by atoms with van der Waals surface area (Å²) in [5, 5.41) is 14.3. The molecule has 1 aliphatic heterocycles. The summed E-state index contributed by atoms with van der Waals surface area (Å²) in [6, 6.07) is 18.6. The number of amides is 2. The van der Waals surface area contributed by atoms with E-state index in [2.05, 4.69) is 4.99 Å². The molecule has 5 aromatic rings. The topological polar surface area (TPSA) is 134 Å². The number of fused-ring (bicyclic) bond motifs is 2. The van der Waals surface area contributed by atoms with Crippen molar-refractivity contribution in [2.75, 3.05) is 5.01 Å². The largest absolute Gasteiger partial charge is 0.506 e. The van der Waals surface area contributed by atoms with Crippen LogP contribution in [0.4, 0.5) is 5.69 Å². The lowest BCUT2D eigenvalue weighted by molar-refractivity contribution is -0.141. The lowest BCUT2D eigenvalue weighted by atomic mass is 10.0. The fourth-order valence-corrected chi connectivity index (χ4v) is 5.14. The van der Waals surface area contributed by atoms with Crippen molar-refractivity contribution in [2.24, 2.45) is 4.99 Å². The predicted molar refractivity (Wildman–Crippen MR) is 162 cm³/mol. The number of nitrogens with zero attached hydrogens (tertiary/aromatic N) is 3. The van der Waals surface area contributed by atoms with Gasteiger partial charge in [0.1, 0.15) is 28.2 Å². The average molecular weight is 576 g/mol. The van der Waals surface area contributed by atoms with Crippen molar-refractivity contribution in [3.8, 4) is 5.75 Å². The second-order valence-corrected chi connectivity index (χ2v) is 10.3. The molecule has 10 nitrogen and oxygen atoms in total. The fraction of sp³-hybridized carbons (Fsp3) is 0.121. The van der Waals surface area contributed by atoms with Crippen LogP contribution >= 0.6 is 0 Å². The van der Waals surface area contributed by atoms with Crippen molar-refractivity contribution in [2.45, 2.75) is 27.7 Å². The van der Waals surface area contributed by atoms with Crippen molar-refractivity contribution in [1.82, 2.24) is 5.01 Å². The van der Waals surface area contributed by atoms with Crippen LogP contribution in [0.3, 0.4) is 0 Å². The molecule has 1 aliphatic rings. The van der Waals surface area contributed by atoms with Crippen LogP contribution in [0.2, 0.25) is 0 Å². The van der Waals surface area contributed by atoms with E-state index in [9.17, 15) is 24.3 Å². The van der Waals surface area contributed by atoms with E-state index < -0.39 is 23.1 Å². The van der Waals surface area contributed by atoms with Crippen molar-refractivity contribution < 1.29 is 23.5 Å². The van der Waals surface area contributed by atoms with E-state index in [0.29, 0.717) is 38.7 Å². The number of hydrogen-bond acceptors (Lipinski definition) is 9. The predicted octanol–water partition coefficient (Wildman–Crippen LogP) is 5.13. The van der Waals surface area contributed by atoms with Crippen molar-refractivity contribution in [3.05, 3.63) is 121 Å². The van der Waals surface area contributed by atoms with Crippen LogP contribution in [-0.2, 0) is 9.59 Å². The Labute approximate surface area is 244 Å². The minimum absolute atomic E-state index is 0.188. The fourth-order valence-electron chi connectivity index (χ4n) is 5.14. The van der Waals surface area contributed by atoms with Crippen LogP contribution in [0.25, 0.3) is 28.0 Å². The number of amidine groups is 1. The Bertz CT molecular complexity index is 2180. The number of rotatable bonds is 3. The molecule has 3 aromatic carbocycles. The van der Waals surface area contributed by atoms with Gasteiger partial charge in [0, 0.05) is 23.9 Å². The van der Waals surface area contributed by atoms with Crippen LogP contribution in [0.5, 0.6) is 5.75 Å². The molecular weight excluding hydrogens is 550 g/mol. The van der Waals surface area contributed by atoms with Gasteiger partial charge in [0.15, 0.2) is 5.84 Å². The molecule has 214 valence electrons. The maximum Gasteiger partial charge on any atom is 0.347 e. The maximum absolute atomic E-state index is 14.0. The van der Waals surface area contributed by atoms with Gasteiger partial charge in [0.05, 0.1) is 11.1 Å². The second-order valence-electron chi connectivity index (χ2n) is 10.3. The summed E-state index contributed by atoms with van der Waals surface area (Å²) in [5.41, 5.74) is 1.72. The first-order valence-corrected chi connectivity index (χ1v) is 13.4. The van der Waals surface area contributed by atoms with Gasteiger partial charge in [0.2, 0.25) is 5.91 Å². The molecule has 0 saturated heterocycles. The van der Waals surface area contributed by atoms with Gasteiger partial charge in [-0.05, 0) is 62.2 Å². The van der Waals surface area contributed by atoms with Gasteiger partial charge in [-0.3, -0.25) is 9.59 Å². The highest BCUT2D eigenvalue weighted by Crippen LogP contribution is 2.35. The third kappa shape index (κ3) is 4.68. The number of anilines is 1. The zero-order valence-electron chi connectivity index (χ0n) is 23.7. The highest BCUT2D eigenvalue weighted by Gasteiger charge is 2.38. The van der Waals surface area contributed by atoms with Crippen molar-refractivity contribution in [3.63, 3.8) is 0 Å². The Hall–Kier alpha value is -5.77. The minimum Gasteiger partial charge on any atom is -0.506 e. The van der Waals surface area contributed by atoms with Gasteiger partial charge in [-0.15, -0.1) is 0 Å². The number of aryl methyl sites for hydroxylation is 3. The molecule has 10 heteroatoms.